The molecule has 0 saturated carbocycles. The average molecular weight is 279 g/mol. The van der Waals surface area contributed by atoms with E-state index in [9.17, 15) is 5.11 Å². The molecule has 104 valence electrons. The lowest BCUT2D eigenvalue weighted by Crippen LogP contribution is -2.42. The fourth-order valence-corrected chi connectivity index (χ4v) is 2.46. The lowest BCUT2D eigenvalue weighted by Gasteiger charge is -2.33. The van der Waals surface area contributed by atoms with E-state index in [1.54, 1.807) is 12.3 Å². The van der Waals surface area contributed by atoms with Crippen molar-refractivity contribution in [1.29, 1.82) is 0 Å². The number of ether oxygens (including phenoxy) is 2. The molecule has 2 heterocycles. The lowest BCUT2D eigenvalue weighted by molar-refractivity contribution is -0.185. The van der Waals surface area contributed by atoms with Crippen LogP contribution in [-0.4, -0.2) is 16.7 Å². The average Bonchev–Trinajstić information content (AvgIpc) is 2.54. The van der Waals surface area contributed by atoms with E-state index in [0.29, 0.717) is 17.2 Å². The van der Waals surface area contributed by atoms with Crippen LogP contribution in [0.4, 0.5) is 0 Å². The zero-order valence-corrected chi connectivity index (χ0v) is 11.2. The molecule has 1 N–H and O–H groups in total. The molecule has 21 heavy (non-hydrogen) atoms. The predicted octanol–water partition coefficient (Wildman–Crippen LogP) is 2.85. The van der Waals surface area contributed by atoms with Gasteiger partial charge in [0.15, 0.2) is 18.1 Å². The molecule has 0 radical (unpaired) electrons. The summed E-state index contributed by atoms with van der Waals surface area (Å²) in [5.74, 6) is -0.428. The van der Waals surface area contributed by atoms with E-state index >= 15 is 0 Å². The molecule has 1 aliphatic rings. The SMILES string of the molecule is O[C@]1(c2cc3ccccc3cn2)COc2ccccc2O1. The molecule has 2 aromatic carbocycles. The third-order valence-corrected chi connectivity index (χ3v) is 3.58. The third-order valence-electron chi connectivity index (χ3n) is 3.58. The summed E-state index contributed by atoms with van der Waals surface area (Å²) in [6, 6.07) is 16.9. The molecule has 0 spiro atoms. The summed E-state index contributed by atoms with van der Waals surface area (Å²) >= 11 is 0. The van der Waals surface area contributed by atoms with Gasteiger partial charge in [0.25, 0.3) is 5.79 Å². The summed E-state index contributed by atoms with van der Waals surface area (Å²) < 4.78 is 11.3. The molecule has 0 saturated heterocycles. The van der Waals surface area contributed by atoms with Crippen molar-refractivity contribution in [1.82, 2.24) is 4.98 Å². The number of pyridine rings is 1. The number of aliphatic hydroxyl groups is 1. The van der Waals surface area contributed by atoms with Crippen LogP contribution >= 0.6 is 0 Å². The molecule has 1 aromatic heterocycles. The van der Waals surface area contributed by atoms with Gasteiger partial charge in [-0.1, -0.05) is 36.4 Å². The van der Waals surface area contributed by atoms with Crippen LogP contribution in [0.5, 0.6) is 11.5 Å². The summed E-state index contributed by atoms with van der Waals surface area (Å²) in [6.45, 7) is 0.00928. The van der Waals surface area contributed by atoms with Gasteiger partial charge in [-0.3, -0.25) is 4.98 Å². The molecule has 4 rings (SSSR count). The van der Waals surface area contributed by atoms with E-state index in [0.717, 1.165) is 10.8 Å². The number of fused-ring (bicyclic) bond motifs is 2. The normalized spacial score (nSPS) is 20.4. The smallest absolute Gasteiger partial charge is 0.286 e. The van der Waals surface area contributed by atoms with Crippen LogP contribution in [-0.2, 0) is 5.79 Å². The fraction of sp³-hybridized carbons (Fsp3) is 0.118. The predicted molar refractivity (Wildman–Crippen MR) is 78.2 cm³/mol. The highest BCUT2D eigenvalue weighted by Crippen LogP contribution is 2.37. The first-order valence-electron chi connectivity index (χ1n) is 6.73. The van der Waals surface area contributed by atoms with E-state index in [-0.39, 0.29) is 6.61 Å². The molecule has 0 fully saturated rings. The minimum atomic E-state index is -1.57. The van der Waals surface area contributed by atoms with Crippen LogP contribution in [0, 0.1) is 0 Å². The van der Waals surface area contributed by atoms with E-state index in [1.807, 2.05) is 48.5 Å². The van der Waals surface area contributed by atoms with Crippen LogP contribution in [0.25, 0.3) is 10.8 Å². The van der Waals surface area contributed by atoms with Gasteiger partial charge in [-0.05, 0) is 23.6 Å². The zero-order valence-electron chi connectivity index (χ0n) is 11.2. The highest BCUT2D eigenvalue weighted by atomic mass is 16.7. The first kappa shape index (κ1) is 12.2. The summed E-state index contributed by atoms with van der Waals surface area (Å²) in [5, 5.41) is 12.8. The van der Waals surface area contributed by atoms with Gasteiger partial charge in [0.2, 0.25) is 0 Å². The number of benzene rings is 2. The third kappa shape index (κ3) is 2.00. The second-order valence-corrected chi connectivity index (χ2v) is 5.04. The van der Waals surface area contributed by atoms with E-state index in [1.165, 1.54) is 0 Å². The molecule has 4 heteroatoms. The molecular formula is C17H13NO3. The second-order valence-electron chi connectivity index (χ2n) is 5.04. The van der Waals surface area contributed by atoms with Crippen LogP contribution < -0.4 is 9.47 Å². The number of aromatic nitrogens is 1. The van der Waals surface area contributed by atoms with Gasteiger partial charge in [0, 0.05) is 11.6 Å². The number of hydrogen-bond donors (Lipinski definition) is 1. The minimum Gasteiger partial charge on any atom is -0.482 e. The Labute approximate surface area is 121 Å². The monoisotopic (exact) mass is 279 g/mol. The topological polar surface area (TPSA) is 51.6 Å². The Kier molecular flexibility index (Phi) is 2.59. The Hall–Kier alpha value is -2.59. The van der Waals surface area contributed by atoms with Crippen molar-refractivity contribution in [3.05, 3.63) is 66.5 Å². The number of rotatable bonds is 1. The van der Waals surface area contributed by atoms with Gasteiger partial charge in [0.1, 0.15) is 5.69 Å². The van der Waals surface area contributed by atoms with Crippen molar-refractivity contribution in [3.8, 4) is 11.5 Å². The van der Waals surface area contributed by atoms with Gasteiger partial charge in [-0.15, -0.1) is 0 Å². The van der Waals surface area contributed by atoms with Gasteiger partial charge in [-0.2, -0.15) is 0 Å². The Balaban J connectivity index is 1.77. The first-order chi connectivity index (χ1) is 10.2. The van der Waals surface area contributed by atoms with Crippen molar-refractivity contribution in [2.75, 3.05) is 6.61 Å². The van der Waals surface area contributed by atoms with Crippen LogP contribution in [0.15, 0.2) is 60.8 Å². The zero-order chi connectivity index (χ0) is 14.3. The highest BCUT2D eigenvalue weighted by Gasteiger charge is 2.39. The highest BCUT2D eigenvalue weighted by molar-refractivity contribution is 5.81. The molecule has 1 aliphatic heterocycles. The molecule has 4 nitrogen and oxygen atoms in total. The van der Waals surface area contributed by atoms with Crippen LogP contribution in [0.2, 0.25) is 0 Å². The van der Waals surface area contributed by atoms with Crippen molar-refractivity contribution in [2.45, 2.75) is 5.79 Å². The Morgan fingerprint density at radius 2 is 1.67 bits per heavy atom. The largest absolute Gasteiger partial charge is 0.482 e. The number of nitrogens with zero attached hydrogens (tertiary/aromatic N) is 1. The number of hydrogen-bond acceptors (Lipinski definition) is 4. The van der Waals surface area contributed by atoms with Gasteiger partial charge in [0.05, 0.1) is 0 Å². The van der Waals surface area contributed by atoms with Crippen molar-refractivity contribution in [2.24, 2.45) is 0 Å². The van der Waals surface area contributed by atoms with Crippen molar-refractivity contribution < 1.29 is 14.6 Å². The second kappa shape index (κ2) is 4.46. The molecule has 0 unspecified atom stereocenters. The van der Waals surface area contributed by atoms with Crippen LogP contribution in [0.1, 0.15) is 5.69 Å². The first-order valence-corrected chi connectivity index (χ1v) is 6.73. The molecule has 3 aromatic rings. The van der Waals surface area contributed by atoms with E-state index < -0.39 is 5.79 Å². The fourth-order valence-electron chi connectivity index (χ4n) is 2.46. The Morgan fingerprint density at radius 1 is 0.952 bits per heavy atom. The quantitative estimate of drug-likeness (QED) is 0.744. The summed E-state index contributed by atoms with van der Waals surface area (Å²) in [4.78, 5) is 4.32. The van der Waals surface area contributed by atoms with Crippen molar-refractivity contribution in [3.63, 3.8) is 0 Å². The maximum Gasteiger partial charge on any atom is 0.286 e. The Bertz CT molecular complexity index is 818. The molecule has 0 amide bonds. The van der Waals surface area contributed by atoms with Gasteiger partial charge < -0.3 is 14.6 Å². The van der Waals surface area contributed by atoms with E-state index in [2.05, 4.69) is 4.98 Å². The van der Waals surface area contributed by atoms with Crippen molar-refractivity contribution >= 4 is 10.8 Å². The maximum absolute atomic E-state index is 10.7. The molecule has 1 atom stereocenters. The number of para-hydroxylation sites is 2. The van der Waals surface area contributed by atoms with E-state index in [4.69, 9.17) is 9.47 Å². The Morgan fingerprint density at radius 3 is 2.52 bits per heavy atom. The molecular weight excluding hydrogens is 266 g/mol. The standard InChI is InChI=1S/C17H13NO3/c19-17(11-20-14-7-3-4-8-15(14)21-17)16-9-12-5-1-2-6-13(12)10-18-16/h1-10,19H,11H2/t17-/m1/s1. The summed E-state index contributed by atoms with van der Waals surface area (Å²) in [7, 11) is 0. The molecule has 0 aliphatic carbocycles. The minimum absolute atomic E-state index is 0.00928. The van der Waals surface area contributed by atoms with Gasteiger partial charge in [-0.25, -0.2) is 0 Å². The lowest BCUT2D eigenvalue weighted by atomic mass is 10.1. The van der Waals surface area contributed by atoms with Crippen LogP contribution in [0.3, 0.4) is 0 Å². The maximum atomic E-state index is 10.7. The summed E-state index contributed by atoms with van der Waals surface area (Å²) in [5.41, 5.74) is 0.440. The molecule has 0 bridgehead atoms. The summed E-state index contributed by atoms with van der Waals surface area (Å²) in [6.07, 6.45) is 1.73. The van der Waals surface area contributed by atoms with Gasteiger partial charge >= 0.3 is 0 Å².